The van der Waals surface area contributed by atoms with E-state index in [1.165, 1.54) is 16.6 Å². The molecule has 0 N–H and O–H groups in total. The number of nitrogens with zero attached hydrogens (tertiary/aromatic N) is 2. The Hall–Kier alpha value is -1.18. The molecule has 25 heavy (non-hydrogen) atoms. The van der Waals surface area contributed by atoms with Crippen LogP contribution in [-0.2, 0) is 21.4 Å². The summed E-state index contributed by atoms with van der Waals surface area (Å²) in [6, 6.07) is 4.66. The second-order valence-corrected chi connectivity index (χ2v) is 9.22. The van der Waals surface area contributed by atoms with Crippen LogP contribution >= 0.6 is 11.6 Å². The van der Waals surface area contributed by atoms with Crippen LogP contribution in [0.15, 0.2) is 18.2 Å². The fourth-order valence-electron chi connectivity index (χ4n) is 3.30. The van der Waals surface area contributed by atoms with Crippen molar-refractivity contribution in [3.05, 3.63) is 34.6 Å². The summed E-state index contributed by atoms with van der Waals surface area (Å²) in [7, 11) is -3.22. The molecule has 138 valence electrons. The molecule has 1 aliphatic carbocycles. The van der Waals surface area contributed by atoms with Crippen molar-refractivity contribution >= 4 is 27.5 Å². The molecule has 0 aromatic heterocycles. The molecule has 1 aliphatic heterocycles. The highest BCUT2D eigenvalue weighted by atomic mass is 35.5. The Balaban J connectivity index is 1.71. The van der Waals surface area contributed by atoms with Gasteiger partial charge in [-0.15, -0.1) is 0 Å². The SMILES string of the molecule is CS(=O)(=O)N1CCC(C(=O)N(Cc2c(F)cccc2Cl)C2CC2)CC1. The van der Waals surface area contributed by atoms with E-state index in [1.807, 2.05) is 0 Å². The van der Waals surface area contributed by atoms with E-state index in [2.05, 4.69) is 0 Å². The number of rotatable bonds is 5. The Bertz CT molecular complexity index is 739. The number of amides is 1. The Kier molecular flexibility index (Phi) is 5.37. The molecule has 2 fully saturated rings. The maximum absolute atomic E-state index is 14.1. The van der Waals surface area contributed by atoms with Gasteiger partial charge < -0.3 is 4.90 Å². The van der Waals surface area contributed by atoms with Crippen LogP contribution < -0.4 is 0 Å². The molecule has 5 nitrogen and oxygen atoms in total. The van der Waals surface area contributed by atoms with Gasteiger partial charge in [-0.05, 0) is 37.8 Å². The first-order valence-electron chi connectivity index (χ1n) is 8.46. The van der Waals surface area contributed by atoms with E-state index in [9.17, 15) is 17.6 Å². The third-order valence-corrected chi connectivity index (χ3v) is 6.59. The Labute approximate surface area is 152 Å². The molecular weight excluding hydrogens is 367 g/mol. The Morgan fingerprint density at radius 2 is 1.92 bits per heavy atom. The van der Waals surface area contributed by atoms with E-state index in [0.29, 0.717) is 36.5 Å². The summed E-state index contributed by atoms with van der Waals surface area (Å²) in [5.41, 5.74) is 0.345. The van der Waals surface area contributed by atoms with Gasteiger partial charge in [0.15, 0.2) is 0 Å². The van der Waals surface area contributed by atoms with Gasteiger partial charge in [0.1, 0.15) is 5.82 Å². The van der Waals surface area contributed by atoms with Crippen molar-refractivity contribution in [2.45, 2.75) is 38.3 Å². The minimum Gasteiger partial charge on any atom is -0.335 e. The van der Waals surface area contributed by atoms with Gasteiger partial charge in [-0.2, -0.15) is 0 Å². The van der Waals surface area contributed by atoms with E-state index >= 15 is 0 Å². The fraction of sp³-hybridized carbons (Fsp3) is 0.588. The summed E-state index contributed by atoms with van der Waals surface area (Å²) in [6.07, 6.45) is 4.02. The van der Waals surface area contributed by atoms with Crippen molar-refractivity contribution in [3.8, 4) is 0 Å². The fourth-order valence-corrected chi connectivity index (χ4v) is 4.39. The molecule has 0 unspecified atom stereocenters. The molecule has 0 radical (unpaired) electrons. The monoisotopic (exact) mass is 388 g/mol. The first-order valence-corrected chi connectivity index (χ1v) is 10.7. The second-order valence-electron chi connectivity index (χ2n) is 6.83. The summed E-state index contributed by atoms with van der Waals surface area (Å²) in [6.45, 7) is 0.879. The molecule has 0 bridgehead atoms. The van der Waals surface area contributed by atoms with Crippen molar-refractivity contribution < 1.29 is 17.6 Å². The molecule has 1 aromatic carbocycles. The maximum atomic E-state index is 14.1. The van der Waals surface area contributed by atoms with Crippen LogP contribution in [0.1, 0.15) is 31.2 Å². The summed E-state index contributed by atoms with van der Waals surface area (Å²) >= 11 is 6.11. The minimum atomic E-state index is -3.22. The van der Waals surface area contributed by atoms with Crippen LogP contribution in [0.4, 0.5) is 4.39 Å². The topological polar surface area (TPSA) is 57.7 Å². The van der Waals surface area contributed by atoms with Crippen molar-refractivity contribution in [2.24, 2.45) is 5.92 Å². The average molecular weight is 389 g/mol. The maximum Gasteiger partial charge on any atom is 0.226 e. The summed E-state index contributed by atoms with van der Waals surface area (Å²) in [5.74, 6) is -0.642. The van der Waals surface area contributed by atoms with Gasteiger partial charge in [0.25, 0.3) is 0 Å². The normalized spacial score (nSPS) is 19.8. The van der Waals surface area contributed by atoms with Crippen molar-refractivity contribution in [1.82, 2.24) is 9.21 Å². The third kappa shape index (κ3) is 4.33. The lowest BCUT2D eigenvalue weighted by Crippen LogP contribution is -2.44. The van der Waals surface area contributed by atoms with E-state index in [1.54, 1.807) is 17.0 Å². The lowest BCUT2D eigenvalue weighted by atomic mass is 9.96. The molecule has 2 aliphatic rings. The van der Waals surface area contributed by atoms with Crippen molar-refractivity contribution in [3.63, 3.8) is 0 Å². The van der Waals surface area contributed by atoms with Gasteiger partial charge in [-0.3, -0.25) is 4.79 Å². The van der Waals surface area contributed by atoms with Crippen molar-refractivity contribution in [1.29, 1.82) is 0 Å². The number of carbonyl (C=O) groups is 1. The van der Waals surface area contributed by atoms with E-state index in [-0.39, 0.29) is 24.4 Å². The van der Waals surface area contributed by atoms with Crippen LogP contribution in [0.25, 0.3) is 0 Å². The molecular formula is C17H22ClFN2O3S. The van der Waals surface area contributed by atoms with E-state index in [0.717, 1.165) is 12.8 Å². The zero-order valence-electron chi connectivity index (χ0n) is 14.1. The molecule has 1 saturated heterocycles. The van der Waals surface area contributed by atoms with Gasteiger partial charge in [0, 0.05) is 35.6 Å². The molecule has 1 saturated carbocycles. The number of piperidine rings is 1. The largest absolute Gasteiger partial charge is 0.335 e. The predicted octanol–water partition coefficient (Wildman–Crippen LogP) is 2.64. The van der Waals surface area contributed by atoms with Gasteiger partial charge in [-0.25, -0.2) is 17.1 Å². The van der Waals surface area contributed by atoms with E-state index < -0.39 is 15.8 Å². The molecule has 8 heteroatoms. The van der Waals surface area contributed by atoms with Crippen LogP contribution in [0.3, 0.4) is 0 Å². The highest BCUT2D eigenvalue weighted by Crippen LogP contribution is 2.33. The van der Waals surface area contributed by atoms with Crippen molar-refractivity contribution in [2.75, 3.05) is 19.3 Å². The lowest BCUT2D eigenvalue weighted by molar-refractivity contribution is -0.138. The molecule has 1 heterocycles. The Morgan fingerprint density at radius 3 is 2.44 bits per heavy atom. The van der Waals surface area contributed by atoms with E-state index in [4.69, 9.17) is 11.6 Å². The average Bonchev–Trinajstić information content (AvgIpc) is 3.38. The zero-order valence-corrected chi connectivity index (χ0v) is 15.7. The molecule has 3 rings (SSSR count). The second kappa shape index (κ2) is 7.21. The summed E-state index contributed by atoms with van der Waals surface area (Å²) in [5, 5.41) is 0.324. The number of carbonyl (C=O) groups excluding carboxylic acids is 1. The summed E-state index contributed by atoms with van der Waals surface area (Å²) < 4.78 is 38.7. The minimum absolute atomic E-state index is 0.0185. The number of benzene rings is 1. The molecule has 1 amide bonds. The smallest absolute Gasteiger partial charge is 0.226 e. The zero-order chi connectivity index (χ0) is 18.2. The van der Waals surface area contributed by atoms with Crippen LogP contribution in [0, 0.1) is 11.7 Å². The van der Waals surface area contributed by atoms with Crippen LogP contribution in [0.5, 0.6) is 0 Å². The highest BCUT2D eigenvalue weighted by Gasteiger charge is 2.38. The van der Waals surface area contributed by atoms with Gasteiger partial charge in [0.2, 0.25) is 15.9 Å². The molecule has 0 atom stereocenters. The number of hydrogen-bond acceptors (Lipinski definition) is 3. The quantitative estimate of drug-likeness (QED) is 0.779. The van der Waals surface area contributed by atoms with Gasteiger partial charge >= 0.3 is 0 Å². The molecule has 1 aromatic rings. The predicted molar refractivity (Wildman–Crippen MR) is 94.1 cm³/mol. The number of halogens is 2. The Morgan fingerprint density at radius 1 is 1.28 bits per heavy atom. The standard InChI is InChI=1S/C17H22ClFN2O3S/c1-25(23,24)20-9-7-12(8-10-20)17(22)21(13-5-6-13)11-14-15(18)3-2-4-16(14)19/h2-4,12-13H,5-11H2,1H3. The highest BCUT2D eigenvalue weighted by molar-refractivity contribution is 7.88. The third-order valence-electron chi connectivity index (χ3n) is 4.93. The lowest BCUT2D eigenvalue weighted by Gasteiger charge is -2.33. The number of sulfonamides is 1. The summed E-state index contributed by atoms with van der Waals surface area (Å²) in [4.78, 5) is 14.7. The van der Waals surface area contributed by atoms with Crippen LogP contribution in [-0.4, -0.2) is 48.9 Å². The first-order chi connectivity index (χ1) is 11.8. The van der Waals surface area contributed by atoms with Gasteiger partial charge in [-0.1, -0.05) is 17.7 Å². The van der Waals surface area contributed by atoms with Gasteiger partial charge in [0.05, 0.1) is 12.8 Å². The molecule has 0 spiro atoms. The first kappa shape index (κ1) is 18.6. The number of hydrogen-bond donors (Lipinski definition) is 0. The van der Waals surface area contributed by atoms with Crippen LogP contribution in [0.2, 0.25) is 5.02 Å².